The van der Waals surface area contributed by atoms with Crippen LogP contribution in [0.3, 0.4) is 0 Å². The van der Waals surface area contributed by atoms with Gasteiger partial charge >= 0.3 is 0 Å². The van der Waals surface area contributed by atoms with Crippen LogP contribution in [-0.2, 0) is 16.4 Å². The first kappa shape index (κ1) is 23.1. The highest BCUT2D eigenvalue weighted by Crippen LogP contribution is 2.29. The van der Waals surface area contributed by atoms with E-state index in [1.165, 1.54) is 12.1 Å². The summed E-state index contributed by atoms with van der Waals surface area (Å²) in [5.74, 6) is -0.718. The molecule has 3 aromatic carbocycles. The first-order valence-electron chi connectivity index (χ1n) is 10.0. The van der Waals surface area contributed by atoms with Gasteiger partial charge in [0.05, 0.1) is 4.90 Å². The van der Waals surface area contributed by atoms with E-state index in [-0.39, 0.29) is 10.5 Å². The summed E-state index contributed by atoms with van der Waals surface area (Å²) in [6.07, 6.45) is 1.96. The molecule has 2 N–H and O–H groups in total. The number of carbonyl (C=O) groups is 1. The lowest BCUT2D eigenvalue weighted by atomic mass is 10.0. The Labute approximate surface area is 202 Å². The van der Waals surface area contributed by atoms with Crippen LogP contribution in [-0.4, -0.2) is 19.3 Å². The number of amides is 1. The van der Waals surface area contributed by atoms with Crippen LogP contribution in [0, 0.1) is 6.92 Å². The van der Waals surface area contributed by atoms with Crippen molar-refractivity contribution in [3.8, 4) is 0 Å². The van der Waals surface area contributed by atoms with Gasteiger partial charge in [-0.05, 0) is 60.0 Å². The predicted molar refractivity (Wildman–Crippen MR) is 133 cm³/mol. The van der Waals surface area contributed by atoms with Crippen molar-refractivity contribution in [1.82, 2.24) is 9.71 Å². The lowest BCUT2D eigenvalue weighted by Crippen LogP contribution is -2.31. The first-order chi connectivity index (χ1) is 15.7. The van der Waals surface area contributed by atoms with E-state index in [1.807, 2.05) is 13.0 Å². The second-order valence-electron chi connectivity index (χ2n) is 7.58. The smallest absolute Gasteiger partial charge is 0.265 e. The highest BCUT2D eigenvalue weighted by molar-refractivity contribution is 7.90. The SMILES string of the molecule is C=Cc1ccccc1S(=O)(=O)NC(=O)c1ccc2[nH]c(C)c(Cc3ccc(Cl)cc3Cl)c2c1. The van der Waals surface area contributed by atoms with Gasteiger partial charge in [0.15, 0.2) is 0 Å². The Balaban J connectivity index is 1.68. The van der Waals surface area contributed by atoms with Crippen LogP contribution in [0.4, 0.5) is 0 Å². The third-order valence-corrected chi connectivity index (χ3v) is 7.41. The van der Waals surface area contributed by atoms with Gasteiger partial charge in [0, 0.05) is 38.6 Å². The van der Waals surface area contributed by atoms with E-state index in [1.54, 1.807) is 48.5 Å². The summed E-state index contributed by atoms with van der Waals surface area (Å²) < 4.78 is 27.8. The monoisotopic (exact) mass is 498 g/mol. The molecule has 1 amide bonds. The topological polar surface area (TPSA) is 79.0 Å². The molecule has 0 saturated carbocycles. The van der Waals surface area contributed by atoms with Crippen LogP contribution in [0.25, 0.3) is 17.0 Å². The molecule has 0 radical (unpaired) electrons. The van der Waals surface area contributed by atoms with Crippen LogP contribution in [0.5, 0.6) is 0 Å². The molecule has 0 saturated heterocycles. The van der Waals surface area contributed by atoms with Gasteiger partial charge in [-0.2, -0.15) is 0 Å². The van der Waals surface area contributed by atoms with Crippen molar-refractivity contribution in [3.05, 3.63) is 105 Å². The van der Waals surface area contributed by atoms with Crippen molar-refractivity contribution in [2.45, 2.75) is 18.2 Å². The number of hydrogen-bond donors (Lipinski definition) is 2. The number of nitrogens with one attached hydrogen (secondary N) is 2. The van der Waals surface area contributed by atoms with Crippen molar-refractivity contribution in [1.29, 1.82) is 0 Å². The molecule has 0 spiro atoms. The van der Waals surface area contributed by atoms with Crippen LogP contribution in [0.1, 0.15) is 32.7 Å². The van der Waals surface area contributed by atoms with Crippen molar-refractivity contribution < 1.29 is 13.2 Å². The van der Waals surface area contributed by atoms with Gasteiger partial charge in [-0.3, -0.25) is 4.79 Å². The molecule has 0 aliphatic heterocycles. The zero-order valence-electron chi connectivity index (χ0n) is 17.7. The van der Waals surface area contributed by atoms with Gasteiger partial charge in [0.1, 0.15) is 0 Å². The molecule has 1 aromatic heterocycles. The minimum Gasteiger partial charge on any atom is -0.358 e. The molecular weight excluding hydrogens is 479 g/mol. The normalized spacial score (nSPS) is 11.5. The van der Waals surface area contributed by atoms with Gasteiger partial charge in [-0.25, -0.2) is 13.1 Å². The second-order valence-corrected chi connectivity index (χ2v) is 10.1. The van der Waals surface area contributed by atoms with E-state index in [2.05, 4.69) is 16.3 Å². The fraction of sp³-hybridized carbons (Fsp3) is 0.0800. The van der Waals surface area contributed by atoms with Gasteiger partial charge in [-0.15, -0.1) is 0 Å². The number of fused-ring (bicyclic) bond motifs is 1. The average Bonchev–Trinajstić information content (AvgIpc) is 3.09. The molecular formula is C25H20Cl2N2O3S. The van der Waals surface area contributed by atoms with E-state index in [9.17, 15) is 13.2 Å². The number of carbonyl (C=O) groups excluding carboxylic acids is 1. The molecule has 0 unspecified atom stereocenters. The molecule has 8 heteroatoms. The number of aromatic nitrogens is 1. The van der Waals surface area contributed by atoms with E-state index >= 15 is 0 Å². The Morgan fingerprint density at radius 2 is 1.85 bits per heavy atom. The number of rotatable bonds is 6. The minimum absolute atomic E-state index is 0.00927. The van der Waals surface area contributed by atoms with Crippen LogP contribution < -0.4 is 4.72 Å². The summed E-state index contributed by atoms with van der Waals surface area (Å²) in [6.45, 7) is 5.58. The van der Waals surface area contributed by atoms with Gasteiger partial charge in [0.25, 0.3) is 15.9 Å². The van der Waals surface area contributed by atoms with Gasteiger partial charge in [-0.1, -0.05) is 60.1 Å². The largest absolute Gasteiger partial charge is 0.358 e. The summed E-state index contributed by atoms with van der Waals surface area (Å²) >= 11 is 12.4. The Morgan fingerprint density at radius 1 is 1.09 bits per heavy atom. The fourth-order valence-electron chi connectivity index (χ4n) is 3.74. The molecule has 0 aliphatic carbocycles. The molecule has 4 aromatic rings. The molecule has 1 heterocycles. The number of H-pyrrole nitrogens is 1. The summed E-state index contributed by atoms with van der Waals surface area (Å²) in [5.41, 5.74) is 4.26. The summed E-state index contributed by atoms with van der Waals surface area (Å²) in [7, 11) is -4.08. The summed E-state index contributed by atoms with van der Waals surface area (Å²) in [6, 6.07) is 16.7. The van der Waals surface area contributed by atoms with E-state index in [4.69, 9.17) is 23.2 Å². The van der Waals surface area contributed by atoms with E-state index in [0.29, 0.717) is 22.0 Å². The lowest BCUT2D eigenvalue weighted by Gasteiger charge is -2.10. The number of sulfonamides is 1. The lowest BCUT2D eigenvalue weighted by molar-refractivity contribution is 0.0981. The number of benzene rings is 3. The standard InChI is InChI=1S/C25H20Cl2N2O3S/c1-3-16-6-4-5-7-24(16)33(31,32)29-25(30)18-9-11-23-21(13-18)20(15(2)28-23)12-17-8-10-19(26)14-22(17)27/h3-11,13-14,28H,1,12H2,2H3,(H,29,30). The number of hydrogen-bond acceptors (Lipinski definition) is 3. The summed E-state index contributed by atoms with van der Waals surface area (Å²) in [4.78, 5) is 16.2. The highest BCUT2D eigenvalue weighted by Gasteiger charge is 2.22. The molecule has 168 valence electrons. The number of aryl methyl sites for hydroxylation is 1. The van der Waals surface area contributed by atoms with Gasteiger partial charge in [0.2, 0.25) is 0 Å². The molecule has 33 heavy (non-hydrogen) atoms. The Kier molecular flexibility index (Phi) is 6.34. The average molecular weight is 499 g/mol. The van der Waals surface area contributed by atoms with Crippen molar-refractivity contribution >= 4 is 56.1 Å². The second kappa shape index (κ2) is 9.06. The summed E-state index contributed by atoms with van der Waals surface area (Å²) in [5, 5.41) is 1.92. The van der Waals surface area contributed by atoms with E-state index < -0.39 is 15.9 Å². The quantitative estimate of drug-likeness (QED) is 0.335. The molecule has 0 fully saturated rings. The maximum atomic E-state index is 12.9. The fourth-order valence-corrected chi connectivity index (χ4v) is 5.40. The maximum absolute atomic E-state index is 12.9. The third kappa shape index (κ3) is 4.69. The van der Waals surface area contributed by atoms with Crippen LogP contribution in [0.2, 0.25) is 10.0 Å². The van der Waals surface area contributed by atoms with Gasteiger partial charge < -0.3 is 4.98 Å². The molecule has 0 aliphatic rings. The maximum Gasteiger partial charge on any atom is 0.265 e. The molecule has 0 atom stereocenters. The third-order valence-electron chi connectivity index (χ3n) is 5.42. The minimum atomic E-state index is -4.08. The Morgan fingerprint density at radius 3 is 2.58 bits per heavy atom. The zero-order chi connectivity index (χ0) is 23.8. The van der Waals surface area contributed by atoms with Crippen molar-refractivity contribution in [2.75, 3.05) is 0 Å². The molecule has 5 nitrogen and oxygen atoms in total. The number of aromatic amines is 1. The molecule has 0 bridgehead atoms. The van der Waals surface area contributed by atoms with Crippen molar-refractivity contribution in [3.63, 3.8) is 0 Å². The first-order valence-corrected chi connectivity index (χ1v) is 12.3. The number of halogens is 2. The van der Waals surface area contributed by atoms with E-state index in [0.717, 1.165) is 27.7 Å². The predicted octanol–water partition coefficient (Wildman–Crippen LogP) is 6.14. The van der Waals surface area contributed by atoms with Crippen molar-refractivity contribution in [2.24, 2.45) is 0 Å². The molecule has 4 rings (SSSR count). The van der Waals surface area contributed by atoms with Crippen LogP contribution >= 0.6 is 23.2 Å². The highest BCUT2D eigenvalue weighted by atomic mass is 35.5. The zero-order valence-corrected chi connectivity index (χ0v) is 20.0. The Bertz CT molecular complexity index is 1510. The van der Waals surface area contributed by atoms with Crippen LogP contribution in [0.15, 0.2) is 72.1 Å². The Hall–Kier alpha value is -3.06.